The van der Waals surface area contributed by atoms with Gasteiger partial charge in [-0.3, -0.25) is 9.71 Å². The second-order valence-electron chi connectivity index (χ2n) is 3.99. The number of anilines is 1. The van der Waals surface area contributed by atoms with Crippen molar-refractivity contribution in [3.05, 3.63) is 52.8 Å². The van der Waals surface area contributed by atoms with Crippen molar-refractivity contribution in [2.45, 2.75) is 18.2 Å². The Morgan fingerprint density at radius 3 is 2.47 bits per heavy atom. The van der Waals surface area contributed by atoms with Gasteiger partial charge in [-0.25, -0.2) is 8.42 Å². The SMILES string of the molecule is CCc1ccc(S(=O)(=O)Nc2cncc(Br)c2)cc1. The standard InChI is InChI=1S/C13H13BrN2O2S/c1-2-10-3-5-13(6-4-10)19(17,18)16-12-7-11(14)8-15-9-12/h3-9,16H,2H2,1H3. The summed E-state index contributed by atoms with van der Waals surface area (Å²) in [4.78, 5) is 4.16. The molecule has 6 heteroatoms. The molecule has 0 fully saturated rings. The number of hydrogen-bond donors (Lipinski definition) is 1. The van der Waals surface area contributed by atoms with Gasteiger partial charge in [-0.05, 0) is 46.1 Å². The average molecular weight is 341 g/mol. The quantitative estimate of drug-likeness (QED) is 0.929. The lowest BCUT2D eigenvalue weighted by Crippen LogP contribution is -2.13. The van der Waals surface area contributed by atoms with Crippen molar-refractivity contribution >= 4 is 31.6 Å². The maximum Gasteiger partial charge on any atom is 0.261 e. The first-order valence-corrected chi connectivity index (χ1v) is 8.01. The van der Waals surface area contributed by atoms with Crippen LogP contribution in [0.4, 0.5) is 5.69 Å². The molecular weight excluding hydrogens is 328 g/mol. The van der Waals surface area contributed by atoms with E-state index in [1.807, 2.05) is 19.1 Å². The van der Waals surface area contributed by atoms with E-state index in [4.69, 9.17) is 0 Å². The highest BCUT2D eigenvalue weighted by molar-refractivity contribution is 9.10. The summed E-state index contributed by atoms with van der Waals surface area (Å²) in [6, 6.07) is 8.49. The van der Waals surface area contributed by atoms with Gasteiger partial charge in [0.1, 0.15) is 0 Å². The Kier molecular flexibility index (Phi) is 4.21. The van der Waals surface area contributed by atoms with Crippen LogP contribution < -0.4 is 4.72 Å². The first-order valence-electron chi connectivity index (χ1n) is 5.73. The van der Waals surface area contributed by atoms with Crippen molar-refractivity contribution in [1.29, 1.82) is 0 Å². The second kappa shape index (κ2) is 5.71. The van der Waals surface area contributed by atoms with Crippen LogP contribution in [0.15, 0.2) is 52.1 Å². The van der Waals surface area contributed by atoms with Crippen LogP contribution in [-0.4, -0.2) is 13.4 Å². The Morgan fingerprint density at radius 1 is 1.21 bits per heavy atom. The van der Waals surface area contributed by atoms with Gasteiger partial charge in [-0.2, -0.15) is 0 Å². The molecule has 1 heterocycles. The Morgan fingerprint density at radius 2 is 1.89 bits per heavy atom. The molecule has 0 spiro atoms. The van der Waals surface area contributed by atoms with Gasteiger partial charge in [-0.1, -0.05) is 19.1 Å². The van der Waals surface area contributed by atoms with Crippen LogP contribution >= 0.6 is 15.9 Å². The number of halogens is 1. The van der Waals surface area contributed by atoms with Crippen LogP contribution in [0.25, 0.3) is 0 Å². The summed E-state index contributed by atoms with van der Waals surface area (Å²) in [7, 11) is -3.57. The van der Waals surface area contributed by atoms with E-state index >= 15 is 0 Å². The summed E-state index contributed by atoms with van der Waals surface area (Å²) in [5.74, 6) is 0. The maximum absolute atomic E-state index is 12.2. The summed E-state index contributed by atoms with van der Waals surface area (Å²) in [5, 5.41) is 0. The molecule has 0 amide bonds. The van der Waals surface area contributed by atoms with Crippen molar-refractivity contribution in [3.63, 3.8) is 0 Å². The van der Waals surface area contributed by atoms with Gasteiger partial charge >= 0.3 is 0 Å². The predicted molar refractivity (Wildman–Crippen MR) is 78.6 cm³/mol. The number of pyridine rings is 1. The predicted octanol–water partition coefficient (Wildman–Crippen LogP) is 3.21. The fourth-order valence-corrected chi connectivity index (χ4v) is 2.99. The minimum Gasteiger partial charge on any atom is -0.278 e. The molecule has 2 aromatic rings. The molecule has 0 aliphatic heterocycles. The highest BCUT2D eigenvalue weighted by Crippen LogP contribution is 2.19. The van der Waals surface area contributed by atoms with Gasteiger partial charge in [-0.15, -0.1) is 0 Å². The highest BCUT2D eigenvalue weighted by atomic mass is 79.9. The second-order valence-corrected chi connectivity index (χ2v) is 6.59. The van der Waals surface area contributed by atoms with Crippen LogP contribution in [0.3, 0.4) is 0 Å². The third kappa shape index (κ3) is 3.54. The molecule has 2 rings (SSSR count). The zero-order valence-corrected chi connectivity index (χ0v) is 12.7. The largest absolute Gasteiger partial charge is 0.278 e. The lowest BCUT2D eigenvalue weighted by atomic mass is 10.2. The average Bonchev–Trinajstić information content (AvgIpc) is 2.38. The van der Waals surface area contributed by atoms with Crippen LogP contribution in [-0.2, 0) is 16.4 Å². The number of nitrogens with zero attached hydrogens (tertiary/aromatic N) is 1. The molecule has 0 saturated carbocycles. The summed E-state index contributed by atoms with van der Waals surface area (Å²) in [5.41, 5.74) is 1.53. The Hall–Kier alpha value is -1.40. The summed E-state index contributed by atoms with van der Waals surface area (Å²) in [6.07, 6.45) is 3.93. The molecule has 4 nitrogen and oxygen atoms in total. The minimum absolute atomic E-state index is 0.240. The van der Waals surface area contributed by atoms with Crippen molar-refractivity contribution < 1.29 is 8.42 Å². The molecule has 0 aliphatic rings. The first-order chi connectivity index (χ1) is 9.01. The number of sulfonamides is 1. The third-order valence-corrected chi connectivity index (χ3v) is 4.43. The molecule has 0 atom stereocenters. The molecule has 1 N–H and O–H groups in total. The van der Waals surface area contributed by atoms with E-state index in [0.29, 0.717) is 10.2 Å². The first kappa shape index (κ1) is 14.0. The Balaban J connectivity index is 2.27. The van der Waals surface area contributed by atoms with Gasteiger partial charge in [0.15, 0.2) is 0 Å². The summed E-state index contributed by atoms with van der Waals surface area (Å²) >= 11 is 3.25. The molecule has 1 aromatic carbocycles. The Labute approximate surface area is 121 Å². The summed E-state index contributed by atoms with van der Waals surface area (Å²) in [6.45, 7) is 2.02. The van der Waals surface area contributed by atoms with E-state index < -0.39 is 10.0 Å². The van der Waals surface area contributed by atoms with Gasteiger partial charge < -0.3 is 0 Å². The number of rotatable bonds is 4. The van der Waals surface area contributed by atoms with Crippen molar-refractivity contribution in [3.8, 4) is 0 Å². The van der Waals surface area contributed by atoms with Gasteiger partial charge in [0.2, 0.25) is 0 Å². The van der Waals surface area contributed by atoms with E-state index in [2.05, 4.69) is 25.6 Å². The number of hydrogen-bond acceptors (Lipinski definition) is 3. The molecular formula is C13H13BrN2O2S. The van der Waals surface area contributed by atoms with Crippen LogP contribution in [0, 0.1) is 0 Å². The van der Waals surface area contributed by atoms with Crippen LogP contribution in [0.2, 0.25) is 0 Å². The molecule has 0 saturated heterocycles. The van der Waals surface area contributed by atoms with Gasteiger partial charge in [0.05, 0.1) is 16.8 Å². The van der Waals surface area contributed by atoms with Crippen molar-refractivity contribution in [2.75, 3.05) is 4.72 Å². The monoisotopic (exact) mass is 340 g/mol. The highest BCUT2D eigenvalue weighted by Gasteiger charge is 2.14. The van der Waals surface area contributed by atoms with E-state index in [0.717, 1.165) is 12.0 Å². The number of nitrogens with one attached hydrogen (secondary N) is 1. The molecule has 100 valence electrons. The lowest BCUT2D eigenvalue weighted by molar-refractivity contribution is 0.601. The van der Waals surface area contributed by atoms with E-state index in [1.54, 1.807) is 24.4 Å². The number of aromatic nitrogens is 1. The van der Waals surface area contributed by atoms with E-state index in [-0.39, 0.29) is 4.90 Å². The van der Waals surface area contributed by atoms with E-state index in [9.17, 15) is 8.42 Å². The van der Waals surface area contributed by atoms with Crippen LogP contribution in [0.5, 0.6) is 0 Å². The van der Waals surface area contributed by atoms with Crippen LogP contribution in [0.1, 0.15) is 12.5 Å². The van der Waals surface area contributed by atoms with Crippen molar-refractivity contribution in [2.24, 2.45) is 0 Å². The number of benzene rings is 1. The normalized spacial score (nSPS) is 11.3. The fourth-order valence-electron chi connectivity index (χ4n) is 1.59. The van der Waals surface area contributed by atoms with Gasteiger partial charge in [0.25, 0.3) is 10.0 Å². The molecule has 0 aliphatic carbocycles. The molecule has 19 heavy (non-hydrogen) atoms. The minimum atomic E-state index is -3.57. The van der Waals surface area contributed by atoms with Gasteiger partial charge in [0, 0.05) is 10.7 Å². The summed E-state index contributed by atoms with van der Waals surface area (Å²) < 4.78 is 27.5. The smallest absolute Gasteiger partial charge is 0.261 e. The topological polar surface area (TPSA) is 59.1 Å². The Bertz CT molecular complexity index is 669. The fraction of sp³-hybridized carbons (Fsp3) is 0.154. The van der Waals surface area contributed by atoms with Crippen molar-refractivity contribution in [1.82, 2.24) is 4.98 Å². The molecule has 0 unspecified atom stereocenters. The number of aryl methyl sites for hydroxylation is 1. The molecule has 1 aromatic heterocycles. The maximum atomic E-state index is 12.2. The zero-order valence-electron chi connectivity index (χ0n) is 10.3. The lowest BCUT2D eigenvalue weighted by Gasteiger charge is -2.08. The molecule has 0 bridgehead atoms. The van der Waals surface area contributed by atoms with E-state index in [1.165, 1.54) is 6.20 Å². The molecule has 0 radical (unpaired) electrons. The zero-order chi connectivity index (χ0) is 13.9. The third-order valence-electron chi connectivity index (χ3n) is 2.60.